The second-order valence-electron chi connectivity index (χ2n) is 4.81. The smallest absolute Gasteiger partial charge is 0.0688 e. The van der Waals surface area contributed by atoms with Crippen LogP contribution in [0.1, 0.15) is 30.2 Å². The summed E-state index contributed by atoms with van der Waals surface area (Å²) in [6.07, 6.45) is 3.18. The highest BCUT2D eigenvalue weighted by Crippen LogP contribution is 2.25. The van der Waals surface area contributed by atoms with Gasteiger partial charge in [-0.05, 0) is 32.0 Å². The highest BCUT2D eigenvalue weighted by molar-refractivity contribution is 6.35. The van der Waals surface area contributed by atoms with Crippen LogP contribution in [-0.4, -0.2) is 16.3 Å². The van der Waals surface area contributed by atoms with Gasteiger partial charge in [-0.15, -0.1) is 0 Å². The molecule has 1 heterocycles. The van der Waals surface area contributed by atoms with E-state index in [2.05, 4.69) is 23.5 Å². The van der Waals surface area contributed by atoms with Crippen LogP contribution >= 0.6 is 23.2 Å². The van der Waals surface area contributed by atoms with Gasteiger partial charge in [-0.25, -0.2) is 0 Å². The van der Waals surface area contributed by atoms with Gasteiger partial charge in [0.25, 0.3) is 0 Å². The van der Waals surface area contributed by atoms with Crippen LogP contribution in [0.25, 0.3) is 0 Å². The van der Waals surface area contributed by atoms with Gasteiger partial charge in [-0.2, -0.15) is 5.10 Å². The first-order valence-electron chi connectivity index (χ1n) is 6.78. The third-order valence-electron chi connectivity index (χ3n) is 3.17. The Kier molecular flexibility index (Phi) is 5.46. The minimum absolute atomic E-state index is 0.590. The van der Waals surface area contributed by atoms with Crippen molar-refractivity contribution < 1.29 is 0 Å². The number of benzene rings is 1. The summed E-state index contributed by atoms with van der Waals surface area (Å²) in [7, 11) is 0. The predicted molar refractivity (Wildman–Crippen MR) is 84.5 cm³/mol. The summed E-state index contributed by atoms with van der Waals surface area (Å²) in [5.41, 5.74) is 3.16. The lowest BCUT2D eigenvalue weighted by atomic mass is 10.2. The average Bonchev–Trinajstić information content (AvgIpc) is 2.75. The molecule has 0 spiro atoms. The van der Waals surface area contributed by atoms with Gasteiger partial charge in [0.1, 0.15) is 0 Å². The Labute approximate surface area is 129 Å². The summed E-state index contributed by atoms with van der Waals surface area (Å²) in [4.78, 5) is 0. The molecular weight excluding hydrogens is 293 g/mol. The fraction of sp³-hybridized carbons (Fsp3) is 0.400. The highest BCUT2D eigenvalue weighted by Gasteiger charge is 2.09. The zero-order valence-corrected chi connectivity index (χ0v) is 13.3. The van der Waals surface area contributed by atoms with Crippen LogP contribution in [-0.2, 0) is 13.1 Å². The molecule has 1 N–H and O–H groups in total. The molecular formula is C15H19Cl2N3. The topological polar surface area (TPSA) is 29.9 Å². The van der Waals surface area contributed by atoms with Crippen molar-refractivity contribution in [3.63, 3.8) is 0 Å². The fourth-order valence-electron chi connectivity index (χ4n) is 2.06. The van der Waals surface area contributed by atoms with Crippen LogP contribution in [0.4, 0.5) is 0 Å². The summed E-state index contributed by atoms with van der Waals surface area (Å²) < 4.78 is 1.89. The molecule has 2 aromatic rings. The van der Waals surface area contributed by atoms with Crippen molar-refractivity contribution in [2.45, 2.75) is 33.4 Å². The summed E-state index contributed by atoms with van der Waals surface area (Å²) in [6, 6.07) is 5.55. The molecule has 5 heteroatoms. The molecule has 0 saturated carbocycles. The van der Waals surface area contributed by atoms with Crippen molar-refractivity contribution in [2.75, 3.05) is 6.54 Å². The lowest BCUT2D eigenvalue weighted by Gasteiger charge is -2.06. The average molecular weight is 312 g/mol. The predicted octanol–water partition coefficient (Wildman–Crippen LogP) is 4.05. The number of rotatable bonds is 6. The minimum atomic E-state index is 0.590. The Balaban J connectivity index is 2.12. The molecule has 1 aromatic carbocycles. The first kappa shape index (κ1) is 15.4. The number of aryl methyl sites for hydroxylation is 1. The van der Waals surface area contributed by atoms with Crippen LogP contribution in [0.5, 0.6) is 0 Å². The first-order chi connectivity index (χ1) is 9.61. The van der Waals surface area contributed by atoms with Crippen molar-refractivity contribution >= 4 is 23.2 Å². The second kappa shape index (κ2) is 7.11. The molecule has 0 radical (unpaired) electrons. The van der Waals surface area contributed by atoms with Crippen LogP contribution in [0, 0.1) is 6.92 Å². The standard InChI is InChI=1S/C15H19Cl2N3/c1-3-7-18-8-12-9-20(19-11(12)2)10-13-14(16)5-4-6-15(13)17/h4-6,9,18H,3,7-8,10H2,1-2H3. The van der Waals surface area contributed by atoms with Crippen molar-refractivity contribution in [1.29, 1.82) is 0 Å². The van der Waals surface area contributed by atoms with Crippen molar-refractivity contribution in [2.24, 2.45) is 0 Å². The van der Waals surface area contributed by atoms with E-state index in [-0.39, 0.29) is 0 Å². The van der Waals surface area contributed by atoms with Gasteiger partial charge < -0.3 is 5.32 Å². The number of nitrogens with one attached hydrogen (secondary N) is 1. The first-order valence-corrected chi connectivity index (χ1v) is 7.54. The van der Waals surface area contributed by atoms with E-state index >= 15 is 0 Å². The van der Waals surface area contributed by atoms with E-state index in [0.717, 1.165) is 30.8 Å². The molecule has 0 bridgehead atoms. The second-order valence-corrected chi connectivity index (χ2v) is 5.63. The fourth-order valence-corrected chi connectivity index (χ4v) is 2.58. The molecule has 0 aliphatic heterocycles. The molecule has 3 nitrogen and oxygen atoms in total. The zero-order valence-electron chi connectivity index (χ0n) is 11.8. The number of aromatic nitrogens is 2. The van der Waals surface area contributed by atoms with Crippen molar-refractivity contribution in [3.8, 4) is 0 Å². The Hall–Kier alpha value is -1.03. The molecule has 0 unspecified atom stereocenters. The van der Waals surface area contributed by atoms with Gasteiger partial charge in [0.2, 0.25) is 0 Å². The number of hydrogen-bond acceptors (Lipinski definition) is 2. The molecule has 2 rings (SSSR count). The highest BCUT2D eigenvalue weighted by atomic mass is 35.5. The molecule has 108 valence electrons. The third-order valence-corrected chi connectivity index (χ3v) is 3.88. The molecule has 0 fully saturated rings. The molecule has 0 saturated heterocycles. The van der Waals surface area contributed by atoms with E-state index in [1.807, 2.05) is 29.8 Å². The molecule has 0 atom stereocenters. The van der Waals surface area contributed by atoms with Crippen LogP contribution in [0.3, 0.4) is 0 Å². The quantitative estimate of drug-likeness (QED) is 0.816. The Morgan fingerprint density at radius 2 is 1.95 bits per heavy atom. The number of nitrogens with zero attached hydrogens (tertiary/aromatic N) is 2. The van der Waals surface area contributed by atoms with E-state index in [9.17, 15) is 0 Å². The van der Waals surface area contributed by atoms with Crippen LogP contribution < -0.4 is 5.32 Å². The van der Waals surface area contributed by atoms with E-state index in [1.54, 1.807) is 0 Å². The van der Waals surface area contributed by atoms with Gasteiger partial charge in [-0.1, -0.05) is 36.2 Å². The Morgan fingerprint density at radius 3 is 2.60 bits per heavy atom. The van der Waals surface area contributed by atoms with Gasteiger partial charge >= 0.3 is 0 Å². The van der Waals surface area contributed by atoms with Crippen LogP contribution in [0.2, 0.25) is 10.0 Å². The normalized spacial score (nSPS) is 11.0. The molecule has 20 heavy (non-hydrogen) atoms. The van der Waals surface area contributed by atoms with Crippen molar-refractivity contribution in [1.82, 2.24) is 15.1 Å². The minimum Gasteiger partial charge on any atom is -0.313 e. The van der Waals surface area contributed by atoms with Crippen LogP contribution in [0.15, 0.2) is 24.4 Å². The van der Waals surface area contributed by atoms with Gasteiger partial charge in [-0.3, -0.25) is 4.68 Å². The van der Waals surface area contributed by atoms with E-state index in [0.29, 0.717) is 16.6 Å². The largest absolute Gasteiger partial charge is 0.313 e. The van der Waals surface area contributed by atoms with E-state index in [1.165, 1.54) is 5.56 Å². The number of halogens is 2. The molecule has 1 aromatic heterocycles. The Morgan fingerprint density at radius 1 is 1.25 bits per heavy atom. The summed E-state index contributed by atoms with van der Waals surface area (Å²) in [5, 5.41) is 9.27. The van der Waals surface area contributed by atoms with E-state index < -0.39 is 0 Å². The Bertz CT molecular complexity index is 558. The number of hydrogen-bond donors (Lipinski definition) is 1. The van der Waals surface area contributed by atoms with Gasteiger partial charge in [0.15, 0.2) is 0 Å². The lowest BCUT2D eigenvalue weighted by molar-refractivity contribution is 0.668. The summed E-state index contributed by atoms with van der Waals surface area (Å²) >= 11 is 12.4. The van der Waals surface area contributed by atoms with Gasteiger partial charge in [0, 0.05) is 33.9 Å². The maximum Gasteiger partial charge on any atom is 0.0688 e. The SMILES string of the molecule is CCCNCc1cn(Cc2c(Cl)cccc2Cl)nc1C. The maximum atomic E-state index is 6.19. The van der Waals surface area contributed by atoms with Gasteiger partial charge in [0.05, 0.1) is 12.2 Å². The lowest BCUT2D eigenvalue weighted by Crippen LogP contribution is -2.13. The third kappa shape index (κ3) is 3.75. The molecule has 0 amide bonds. The summed E-state index contributed by atoms with van der Waals surface area (Å²) in [6.45, 7) is 6.63. The monoisotopic (exact) mass is 311 g/mol. The van der Waals surface area contributed by atoms with Crippen molar-refractivity contribution in [3.05, 3.63) is 51.3 Å². The maximum absolute atomic E-state index is 6.19. The summed E-state index contributed by atoms with van der Waals surface area (Å²) in [5.74, 6) is 0. The molecule has 0 aliphatic rings. The zero-order chi connectivity index (χ0) is 14.5. The van der Waals surface area contributed by atoms with E-state index in [4.69, 9.17) is 23.2 Å². The molecule has 0 aliphatic carbocycles.